The van der Waals surface area contributed by atoms with Gasteiger partial charge in [-0.05, 0) is 59.2 Å². The monoisotopic (exact) mass is 539 g/mol. The molecule has 0 fully saturated rings. The molecule has 0 aromatic carbocycles. The molecule has 0 aliphatic carbocycles. The van der Waals surface area contributed by atoms with Gasteiger partial charge >= 0.3 is 0 Å². The molecule has 0 N–H and O–H groups in total. The first-order chi connectivity index (χ1) is 7.01. The second-order valence-corrected chi connectivity index (χ2v) is 24.5. The number of halogens is 4. The van der Waals surface area contributed by atoms with Gasteiger partial charge in [-0.1, -0.05) is 0 Å². The summed E-state index contributed by atoms with van der Waals surface area (Å²) in [5, 5.41) is 0. The van der Waals surface area contributed by atoms with E-state index in [1.54, 1.807) is 0 Å². The van der Waals surface area contributed by atoms with Crippen molar-refractivity contribution in [2.75, 3.05) is 28.2 Å². The first kappa shape index (κ1) is 16.6. The van der Waals surface area contributed by atoms with Gasteiger partial charge in [0.05, 0.1) is 0 Å². The fourth-order valence-corrected chi connectivity index (χ4v) is 31.0. The summed E-state index contributed by atoms with van der Waals surface area (Å²) in [7, 11) is 7.86. The molecule has 1 aliphatic heterocycles. The van der Waals surface area contributed by atoms with E-state index in [-0.39, 0.29) is 0 Å². The van der Waals surface area contributed by atoms with Crippen LogP contribution in [0.3, 0.4) is 0 Å². The fourth-order valence-electron chi connectivity index (χ4n) is 0.792. The largest absolute Gasteiger partial charge is 0.250 e. The van der Waals surface area contributed by atoms with Gasteiger partial charge < -0.3 is 0 Å². The molecule has 0 spiro atoms. The molecular weight excluding hydrogens is 531 g/mol. The molecule has 0 unspecified atom stereocenters. The Morgan fingerprint density at radius 1 is 0.688 bits per heavy atom. The van der Waals surface area contributed by atoms with E-state index in [0.717, 1.165) is 0 Å². The lowest BCUT2D eigenvalue weighted by molar-refractivity contribution is 0.671. The summed E-state index contributed by atoms with van der Waals surface area (Å²) in [6.45, 7) is 0. The predicted octanol–water partition coefficient (Wildman–Crippen LogP) is 6.54. The Morgan fingerprint density at radius 2 is 1.06 bits per heavy atom. The van der Waals surface area contributed by atoms with Gasteiger partial charge in [-0.15, -0.1) is 0 Å². The van der Waals surface area contributed by atoms with Crippen LogP contribution in [-0.2, 0) is 0 Å². The molecule has 2 atom stereocenters. The molecule has 16 heavy (non-hydrogen) atoms. The van der Waals surface area contributed by atoms with Gasteiger partial charge in [0.25, 0.3) is 0 Å². The molecule has 1 aliphatic rings. The highest BCUT2D eigenvalue weighted by atomic mass is 79.9. The van der Waals surface area contributed by atoms with Crippen LogP contribution in [0.15, 0.2) is 13.5 Å². The molecule has 0 aromatic rings. The third-order valence-corrected chi connectivity index (χ3v) is 23.1. The van der Waals surface area contributed by atoms with Crippen LogP contribution in [0.4, 0.5) is 0 Å². The molecule has 0 aromatic heterocycles. The lowest BCUT2D eigenvalue weighted by Crippen LogP contribution is -2.07. The van der Waals surface area contributed by atoms with Gasteiger partial charge in [-0.25, -0.2) is 9.34 Å². The molecule has 0 bridgehead atoms. The van der Waals surface area contributed by atoms with E-state index >= 15 is 0 Å². The van der Waals surface area contributed by atoms with E-state index in [9.17, 15) is 0 Å². The summed E-state index contributed by atoms with van der Waals surface area (Å²) < 4.78 is 16.1. The Balaban J connectivity index is 3.56. The predicted molar refractivity (Wildman–Crippen MR) is 91.1 cm³/mol. The normalized spacial score (nSPS) is 37.9. The maximum Gasteiger partial charge on any atom is 0.212 e. The Morgan fingerprint density at radius 3 is 1.44 bits per heavy atom. The fraction of sp³-hybridized carbons (Fsp3) is 1.00. The number of hydrogen-bond donors (Lipinski definition) is 0. The molecule has 96 valence electrons. The summed E-state index contributed by atoms with van der Waals surface area (Å²) in [5.41, 5.74) is 0. The first-order valence-corrected chi connectivity index (χ1v) is 17.1. The molecule has 12 heteroatoms. The maximum absolute atomic E-state index is 4.78. The van der Waals surface area contributed by atoms with Crippen molar-refractivity contribution in [2.45, 2.75) is 0 Å². The van der Waals surface area contributed by atoms with Crippen molar-refractivity contribution >= 4 is 78.7 Å². The van der Waals surface area contributed by atoms with Crippen molar-refractivity contribution in [2.24, 2.45) is 13.5 Å². The minimum absolute atomic E-state index is 1.97. The Hall–Kier alpha value is 2.53. The van der Waals surface area contributed by atoms with Gasteiger partial charge in [0.15, 0.2) is 0 Å². The van der Waals surface area contributed by atoms with Crippen LogP contribution >= 0.6 is 78.7 Å². The molecule has 0 amide bonds. The second kappa shape index (κ2) is 5.49. The summed E-state index contributed by atoms with van der Waals surface area (Å²) in [6.07, 6.45) is 0. The quantitative estimate of drug-likeness (QED) is 0.372. The van der Waals surface area contributed by atoms with Gasteiger partial charge in [-0.2, -0.15) is 13.5 Å². The lowest BCUT2D eigenvalue weighted by Gasteiger charge is -2.32. The lowest BCUT2D eigenvalue weighted by atomic mass is 11.3. The summed E-state index contributed by atoms with van der Waals surface area (Å²) in [6, 6.07) is -4.03. The van der Waals surface area contributed by atoms with Gasteiger partial charge in [0.2, 0.25) is 16.7 Å². The number of hydrogen-bond acceptors (Lipinski definition) is 5. The highest BCUT2D eigenvalue weighted by Gasteiger charge is 2.34. The number of nitrogens with zero attached hydrogens (tertiary/aromatic N) is 5. The average Bonchev–Trinajstić information content (AvgIpc) is 1.98. The Kier molecular flexibility index (Phi) is 5.69. The molecule has 1 heterocycles. The third-order valence-electron chi connectivity index (χ3n) is 1.69. The minimum atomic E-state index is -2.01. The van der Waals surface area contributed by atoms with Gasteiger partial charge in [0.1, 0.15) is 0 Å². The van der Waals surface area contributed by atoms with Crippen molar-refractivity contribution in [3.63, 3.8) is 0 Å². The molecular formula is C4H12Br4N5P3. The summed E-state index contributed by atoms with van der Waals surface area (Å²) >= 11 is 14.4. The molecule has 0 saturated carbocycles. The van der Waals surface area contributed by atoms with Crippen molar-refractivity contribution < 1.29 is 0 Å². The van der Waals surface area contributed by atoms with E-state index in [0.29, 0.717) is 0 Å². The van der Waals surface area contributed by atoms with Crippen LogP contribution in [-0.4, -0.2) is 37.5 Å². The SMILES string of the molecule is CN(C)[P@]1(Br)=NP(Br)(Br)=N[P@@](Br)(N(C)C)=N1. The van der Waals surface area contributed by atoms with E-state index < -0.39 is 16.7 Å². The van der Waals surface area contributed by atoms with E-state index in [1.165, 1.54) is 0 Å². The second-order valence-electron chi connectivity index (χ2n) is 3.41. The van der Waals surface area contributed by atoms with Crippen LogP contribution in [0, 0.1) is 0 Å². The number of rotatable bonds is 2. The molecule has 1 rings (SSSR count). The van der Waals surface area contributed by atoms with E-state index in [4.69, 9.17) is 4.52 Å². The van der Waals surface area contributed by atoms with Crippen molar-refractivity contribution in [3.8, 4) is 0 Å². The maximum atomic E-state index is 4.78. The van der Waals surface area contributed by atoms with Crippen molar-refractivity contribution in [1.82, 2.24) is 9.34 Å². The van der Waals surface area contributed by atoms with Crippen LogP contribution in [0.1, 0.15) is 0 Å². The van der Waals surface area contributed by atoms with Crippen molar-refractivity contribution in [3.05, 3.63) is 0 Å². The standard InChI is InChI=1S/C4H12Br4N5P3/c1-12(2)15(7)9-14(5,6)10-16(8,11-15)13(3)4/h1-4H3/t15-,16-/m1/s1. The zero-order chi connectivity index (χ0) is 12.8. The third kappa shape index (κ3) is 3.77. The van der Waals surface area contributed by atoms with Gasteiger partial charge in [-0.3, -0.25) is 0 Å². The molecule has 0 saturated heterocycles. The Labute approximate surface area is 129 Å². The average molecular weight is 543 g/mol. The van der Waals surface area contributed by atoms with Crippen LogP contribution in [0.25, 0.3) is 0 Å². The topological polar surface area (TPSA) is 43.6 Å². The van der Waals surface area contributed by atoms with E-state index in [1.807, 2.05) is 37.5 Å². The van der Waals surface area contributed by atoms with E-state index in [2.05, 4.69) is 71.0 Å². The Bertz CT molecular complexity index is 437. The highest BCUT2D eigenvalue weighted by Crippen LogP contribution is 2.88. The highest BCUT2D eigenvalue weighted by molar-refractivity contribution is 9.71. The van der Waals surface area contributed by atoms with Gasteiger partial charge in [0, 0.05) is 31.0 Å². The van der Waals surface area contributed by atoms with Crippen molar-refractivity contribution in [1.29, 1.82) is 0 Å². The minimum Gasteiger partial charge on any atom is -0.250 e. The van der Waals surface area contributed by atoms with Crippen LogP contribution in [0.5, 0.6) is 0 Å². The summed E-state index contributed by atoms with van der Waals surface area (Å²) in [4.78, 5) is 0. The van der Waals surface area contributed by atoms with Crippen LogP contribution in [0.2, 0.25) is 0 Å². The van der Waals surface area contributed by atoms with Crippen LogP contribution < -0.4 is 0 Å². The zero-order valence-corrected chi connectivity index (χ0v) is 18.1. The zero-order valence-electron chi connectivity index (χ0n) is 9.09. The summed E-state index contributed by atoms with van der Waals surface area (Å²) in [5.74, 6) is 0. The first-order valence-electron chi connectivity index (χ1n) is 4.06. The molecule has 0 radical (unpaired) electrons. The molecule has 5 nitrogen and oxygen atoms in total. The smallest absolute Gasteiger partial charge is 0.212 e.